The normalized spacial score (nSPS) is 21.6. The second-order valence-electron chi connectivity index (χ2n) is 6.45. The number of nitrogens with one attached hydrogen (secondary N) is 1. The zero-order valence-electron chi connectivity index (χ0n) is 13.5. The van der Waals surface area contributed by atoms with Gasteiger partial charge in [-0.25, -0.2) is 4.90 Å². The topological polar surface area (TPSA) is 53.8 Å². The lowest BCUT2D eigenvalue weighted by Crippen LogP contribution is -2.64. The van der Waals surface area contributed by atoms with E-state index >= 15 is 0 Å². The quantitative estimate of drug-likeness (QED) is 0.867. The molecule has 22 heavy (non-hydrogen) atoms. The van der Waals surface area contributed by atoms with Crippen molar-refractivity contribution in [2.24, 2.45) is 5.41 Å². The molecule has 1 heterocycles. The first-order valence-electron chi connectivity index (χ1n) is 7.38. The maximum atomic E-state index is 12.9. The van der Waals surface area contributed by atoms with Crippen LogP contribution in [0.2, 0.25) is 0 Å². The molecule has 1 aromatic rings. The summed E-state index contributed by atoms with van der Waals surface area (Å²) in [6, 6.07) is 11.8. The third-order valence-corrected chi connectivity index (χ3v) is 3.62. The molecule has 1 aliphatic heterocycles. The summed E-state index contributed by atoms with van der Waals surface area (Å²) in [6.45, 7) is 7.64. The van der Waals surface area contributed by atoms with Crippen LogP contribution in [0.1, 0.15) is 44.5 Å². The Morgan fingerprint density at radius 3 is 2.50 bits per heavy atom. The van der Waals surface area contributed by atoms with E-state index in [1.54, 1.807) is 24.0 Å². The zero-order valence-corrected chi connectivity index (χ0v) is 13.5. The van der Waals surface area contributed by atoms with Crippen LogP contribution in [0.25, 0.3) is 4.85 Å². The van der Waals surface area contributed by atoms with Gasteiger partial charge in [-0.3, -0.25) is 9.59 Å². The molecule has 0 bridgehead atoms. The molecule has 1 N–H and O–H groups in total. The molecule has 2 atom stereocenters. The van der Waals surface area contributed by atoms with Crippen LogP contribution in [0.5, 0.6) is 0 Å². The Morgan fingerprint density at radius 2 is 1.95 bits per heavy atom. The lowest BCUT2D eigenvalue weighted by Gasteiger charge is -2.42. The lowest BCUT2D eigenvalue weighted by molar-refractivity contribution is -0.129. The highest BCUT2D eigenvalue weighted by Gasteiger charge is 2.48. The van der Waals surface area contributed by atoms with Gasteiger partial charge in [0.15, 0.2) is 0 Å². The first-order valence-corrected chi connectivity index (χ1v) is 7.38. The fraction of sp³-hybridized carbons (Fsp3) is 0.471. The van der Waals surface area contributed by atoms with Crippen molar-refractivity contribution in [1.82, 2.24) is 10.2 Å². The second kappa shape index (κ2) is 6.18. The predicted octanol–water partition coefficient (Wildman–Crippen LogP) is 2.70. The van der Waals surface area contributed by atoms with Gasteiger partial charge in [-0.2, -0.15) is 0 Å². The summed E-state index contributed by atoms with van der Waals surface area (Å²) in [5, 5.41) is 2.92. The molecule has 2 rings (SSSR count). The van der Waals surface area contributed by atoms with E-state index in [9.17, 15) is 9.59 Å². The summed E-state index contributed by atoms with van der Waals surface area (Å²) in [6.07, 6.45) is -0.773. The molecule has 0 aromatic heterocycles. The van der Waals surface area contributed by atoms with E-state index in [0.29, 0.717) is 5.56 Å². The highest BCUT2D eigenvalue weighted by Crippen LogP contribution is 2.30. The monoisotopic (exact) mass is 300 g/mol. The molecule has 1 fully saturated rings. The molecule has 5 heteroatoms. The summed E-state index contributed by atoms with van der Waals surface area (Å²) < 4.78 is 0. The van der Waals surface area contributed by atoms with Gasteiger partial charge in [-0.1, -0.05) is 43.8 Å². The van der Waals surface area contributed by atoms with E-state index in [-0.39, 0.29) is 23.7 Å². The van der Waals surface area contributed by atoms with Gasteiger partial charge >= 0.3 is 6.17 Å². The van der Waals surface area contributed by atoms with E-state index in [4.69, 9.17) is 0 Å². The Labute approximate surface area is 131 Å². The smallest absolute Gasteiger partial charge is 0.335 e. The van der Waals surface area contributed by atoms with Crippen LogP contribution in [0.3, 0.4) is 0 Å². The highest BCUT2D eigenvalue weighted by atomic mass is 16.2. The molecule has 2 amide bonds. The first kappa shape index (κ1) is 16.0. The molecular weight excluding hydrogens is 278 g/mol. The molecular formula is C17H22N3O2+. The minimum Gasteiger partial charge on any atom is -0.335 e. The van der Waals surface area contributed by atoms with Crippen molar-refractivity contribution < 1.29 is 9.59 Å². The molecule has 0 aliphatic carbocycles. The molecule has 116 valence electrons. The van der Waals surface area contributed by atoms with Crippen LogP contribution in [0.15, 0.2) is 30.3 Å². The van der Waals surface area contributed by atoms with Gasteiger partial charge < -0.3 is 5.32 Å². The van der Waals surface area contributed by atoms with E-state index in [0.717, 1.165) is 0 Å². The molecule has 1 aromatic carbocycles. The largest absolute Gasteiger partial charge is 0.360 e. The van der Waals surface area contributed by atoms with Gasteiger partial charge in [0.05, 0.1) is 6.92 Å². The van der Waals surface area contributed by atoms with Crippen LogP contribution >= 0.6 is 0 Å². The van der Waals surface area contributed by atoms with Crippen molar-refractivity contribution in [3.8, 4) is 6.07 Å². The first-order chi connectivity index (χ1) is 10.3. The Balaban J connectivity index is 2.45. The van der Waals surface area contributed by atoms with Crippen LogP contribution in [0.4, 0.5) is 0 Å². The average molecular weight is 300 g/mol. The average Bonchev–Trinajstić information content (AvgIpc) is 2.46. The van der Waals surface area contributed by atoms with Crippen LogP contribution in [-0.4, -0.2) is 29.0 Å². The summed E-state index contributed by atoms with van der Waals surface area (Å²) >= 11 is 0. The van der Waals surface area contributed by atoms with Crippen molar-refractivity contribution in [3.05, 3.63) is 40.7 Å². The van der Waals surface area contributed by atoms with E-state index in [1.807, 2.05) is 39.0 Å². The van der Waals surface area contributed by atoms with Gasteiger partial charge in [-0.05, 0) is 12.1 Å². The van der Waals surface area contributed by atoms with Gasteiger partial charge in [-0.15, -0.1) is 0 Å². The van der Waals surface area contributed by atoms with Gasteiger partial charge in [0, 0.05) is 11.0 Å². The molecule has 5 nitrogen and oxygen atoms in total. The van der Waals surface area contributed by atoms with Crippen molar-refractivity contribution in [3.63, 3.8) is 0 Å². The van der Waals surface area contributed by atoms with E-state index in [2.05, 4.69) is 16.2 Å². The van der Waals surface area contributed by atoms with Crippen LogP contribution < -0.4 is 5.32 Å². The molecule has 1 saturated heterocycles. The summed E-state index contributed by atoms with van der Waals surface area (Å²) in [7, 11) is 0. The number of amides is 2. The van der Waals surface area contributed by atoms with Crippen LogP contribution in [0, 0.1) is 11.5 Å². The third kappa shape index (κ3) is 3.28. The zero-order chi connectivity index (χ0) is 16.3. The van der Waals surface area contributed by atoms with Crippen molar-refractivity contribution >= 4 is 11.8 Å². The summed E-state index contributed by atoms with van der Waals surface area (Å²) in [5.74, 6) is -0.231. The van der Waals surface area contributed by atoms with E-state index < -0.39 is 12.3 Å². The number of nitrogens with zero attached hydrogens (tertiary/aromatic N) is 2. The molecule has 0 radical (unpaired) electrons. The Kier molecular flexibility index (Phi) is 4.51. The number of carbonyl (C=O) groups excluding carboxylic acids is 2. The number of hydrogen-bond donors (Lipinski definition) is 1. The van der Waals surface area contributed by atoms with Crippen molar-refractivity contribution in [2.75, 3.05) is 0 Å². The Bertz CT molecular complexity index is 623. The minimum atomic E-state index is -0.518. The Hall–Kier alpha value is -2.35. The number of rotatable bonds is 1. The Morgan fingerprint density at radius 1 is 1.32 bits per heavy atom. The molecule has 0 unspecified atom stereocenters. The summed E-state index contributed by atoms with van der Waals surface area (Å²) in [5.41, 5.74) is 0.284. The predicted molar refractivity (Wildman–Crippen MR) is 85.3 cm³/mol. The van der Waals surface area contributed by atoms with Crippen molar-refractivity contribution in [1.29, 1.82) is 0 Å². The van der Waals surface area contributed by atoms with Gasteiger partial charge in [0.2, 0.25) is 5.91 Å². The SMILES string of the molecule is CC#[N+][C@H]1CC(=O)N[C@H](C(C)(C)C)N1C(=O)c1ccccc1. The molecule has 1 aliphatic rings. The van der Waals surface area contributed by atoms with Gasteiger partial charge in [0.1, 0.15) is 12.6 Å². The van der Waals surface area contributed by atoms with Gasteiger partial charge in [0.25, 0.3) is 12.0 Å². The molecule has 0 spiro atoms. The fourth-order valence-electron chi connectivity index (χ4n) is 2.59. The fourth-order valence-corrected chi connectivity index (χ4v) is 2.59. The molecule has 0 saturated carbocycles. The highest BCUT2D eigenvalue weighted by molar-refractivity contribution is 5.96. The van der Waals surface area contributed by atoms with Crippen LogP contribution in [-0.2, 0) is 4.79 Å². The maximum absolute atomic E-state index is 12.9. The van der Waals surface area contributed by atoms with E-state index in [1.165, 1.54) is 0 Å². The van der Waals surface area contributed by atoms with Crippen molar-refractivity contribution in [2.45, 2.75) is 46.4 Å². The second-order valence-corrected chi connectivity index (χ2v) is 6.45. The minimum absolute atomic E-state index is 0.0963. The number of carbonyl (C=O) groups is 2. The summed E-state index contributed by atoms with van der Waals surface area (Å²) in [4.78, 5) is 30.8. The lowest BCUT2D eigenvalue weighted by atomic mass is 9.88. The number of benzene rings is 1. The standard InChI is InChI=1S/C17H21N3O2/c1-5-18-13-11-14(21)19-16(17(2,3)4)20(13)15(22)12-9-7-6-8-10-12/h6-10,13,16H,11H2,1-4H3/p+1/t13-,16+/m1/s1. The maximum Gasteiger partial charge on any atom is 0.360 e. The number of hydrogen-bond acceptors (Lipinski definition) is 2. The third-order valence-electron chi connectivity index (χ3n) is 3.62.